The van der Waals surface area contributed by atoms with Gasteiger partial charge < -0.3 is 15.1 Å². The second kappa shape index (κ2) is 10.1. The normalized spacial score (nSPS) is 28.7. The van der Waals surface area contributed by atoms with Crippen LogP contribution < -0.4 is 0 Å². The maximum atomic E-state index is 10.8. The Kier molecular flexibility index (Phi) is 7.72. The molecule has 5 atom stereocenters. The van der Waals surface area contributed by atoms with Gasteiger partial charge in [-0.25, -0.2) is 0 Å². The molecule has 0 heterocycles. The molecule has 1 aromatic carbocycles. The molecule has 2 aliphatic rings. The van der Waals surface area contributed by atoms with Crippen LogP contribution in [0.1, 0.15) is 51.0 Å². The largest absolute Gasteiger partial charge is 0.392 e. The van der Waals surface area contributed by atoms with E-state index in [1.165, 1.54) is 32.2 Å². The highest BCUT2D eigenvalue weighted by molar-refractivity contribution is 5.23. The van der Waals surface area contributed by atoms with Gasteiger partial charge in [-0.3, -0.25) is 0 Å². The summed E-state index contributed by atoms with van der Waals surface area (Å²) in [5, 5.41) is 21.4. The molecular weight excluding hydrogens is 358 g/mol. The summed E-state index contributed by atoms with van der Waals surface area (Å²) in [4.78, 5) is 2.25. The Balaban J connectivity index is 1.51. The highest BCUT2D eigenvalue weighted by Gasteiger charge is 2.43. The summed E-state index contributed by atoms with van der Waals surface area (Å²) in [6.07, 6.45) is 13.8. The first kappa shape index (κ1) is 22.3. The molecule has 2 N–H and O–H groups in total. The second-order valence-corrected chi connectivity index (χ2v) is 9.73. The average molecular weight is 398 g/mol. The Hall–Kier alpha value is -1.42. The molecule has 1 aromatic rings. The van der Waals surface area contributed by atoms with E-state index in [0.717, 1.165) is 18.4 Å². The van der Waals surface area contributed by atoms with Gasteiger partial charge in [-0.2, -0.15) is 0 Å². The van der Waals surface area contributed by atoms with Gasteiger partial charge in [-0.1, -0.05) is 60.6 Å². The van der Waals surface area contributed by atoms with Crippen LogP contribution in [0.2, 0.25) is 0 Å². The first-order chi connectivity index (χ1) is 13.8. The zero-order valence-electron chi connectivity index (χ0n) is 18.4. The fraction of sp³-hybridized carbons (Fsp3) is 0.615. The van der Waals surface area contributed by atoms with Crippen molar-refractivity contribution in [1.29, 1.82) is 0 Å². The number of aliphatic hydroxyl groups is 2. The number of nitrogens with zero attached hydrogens (tertiary/aromatic N) is 1. The molecule has 0 amide bonds. The van der Waals surface area contributed by atoms with Crippen molar-refractivity contribution in [2.75, 3.05) is 20.6 Å². The first-order valence-corrected chi connectivity index (χ1v) is 11.3. The highest BCUT2D eigenvalue weighted by atomic mass is 16.3. The fourth-order valence-corrected chi connectivity index (χ4v) is 5.13. The van der Waals surface area contributed by atoms with Crippen LogP contribution in [0.3, 0.4) is 0 Å². The molecule has 1 saturated carbocycles. The lowest BCUT2D eigenvalue weighted by Crippen LogP contribution is -2.26. The van der Waals surface area contributed by atoms with Crippen LogP contribution in [0.15, 0.2) is 54.1 Å². The van der Waals surface area contributed by atoms with Crippen molar-refractivity contribution in [3.63, 3.8) is 0 Å². The van der Waals surface area contributed by atoms with Gasteiger partial charge in [0.05, 0.1) is 11.7 Å². The summed E-state index contributed by atoms with van der Waals surface area (Å²) in [7, 11) is 4.27. The van der Waals surface area contributed by atoms with Crippen LogP contribution in [-0.2, 0) is 6.42 Å². The summed E-state index contributed by atoms with van der Waals surface area (Å²) in [5.74, 6) is 1.17. The Morgan fingerprint density at radius 2 is 1.90 bits per heavy atom. The molecule has 0 bridgehead atoms. The molecule has 2 aliphatic carbocycles. The van der Waals surface area contributed by atoms with E-state index in [4.69, 9.17) is 0 Å². The Morgan fingerprint density at radius 3 is 2.62 bits per heavy atom. The number of rotatable bonds is 10. The van der Waals surface area contributed by atoms with Crippen LogP contribution in [0.4, 0.5) is 0 Å². The Morgan fingerprint density at radius 1 is 1.14 bits per heavy atom. The SMILES string of the molecule is CN(C)CCCCCC1=C[C@H]2C[C@@H](O)[C@H](C=C[C@](C)(O)Cc3ccccc3)[C@H]2C1. The van der Waals surface area contributed by atoms with E-state index >= 15 is 0 Å². The van der Waals surface area contributed by atoms with E-state index in [0.29, 0.717) is 18.3 Å². The maximum Gasteiger partial charge on any atom is 0.0839 e. The number of aliphatic hydroxyl groups excluding tert-OH is 1. The van der Waals surface area contributed by atoms with Crippen LogP contribution in [0.25, 0.3) is 0 Å². The summed E-state index contributed by atoms with van der Waals surface area (Å²) in [5.41, 5.74) is 1.83. The first-order valence-electron chi connectivity index (χ1n) is 11.3. The van der Waals surface area contributed by atoms with E-state index < -0.39 is 5.60 Å². The monoisotopic (exact) mass is 397 g/mol. The lowest BCUT2D eigenvalue weighted by molar-refractivity contribution is 0.108. The van der Waals surface area contributed by atoms with Gasteiger partial charge in [0.1, 0.15) is 0 Å². The predicted octanol–water partition coefficient (Wildman–Crippen LogP) is 4.60. The molecule has 0 aromatic heterocycles. The zero-order valence-corrected chi connectivity index (χ0v) is 18.4. The summed E-state index contributed by atoms with van der Waals surface area (Å²) < 4.78 is 0. The minimum atomic E-state index is -0.888. The molecule has 0 spiro atoms. The molecule has 3 rings (SSSR count). The van der Waals surface area contributed by atoms with E-state index in [-0.39, 0.29) is 12.0 Å². The number of hydrogen-bond acceptors (Lipinski definition) is 3. The maximum absolute atomic E-state index is 10.8. The minimum absolute atomic E-state index is 0.157. The van der Waals surface area contributed by atoms with Gasteiger partial charge in [-0.05, 0) is 77.1 Å². The molecule has 0 radical (unpaired) electrons. The number of fused-ring (bicyclic) bond motifs is 1. The summed E-state index contributed by atoms with van der Waals surface area (Å²) in [6.45, 7) is 3.04. The third-order valence-electron chi connectivity index (χ3n) is 6.64. The molecule has 3 nitrogen and oxygen atoms in total. The van der Waals surface area contributed by atoms with Crippen molar-refractivity contribution in [3.8, 4) is 0 Å². The topological polar surface area (TPSA) is 43.7 Å². The summed E-state index contributed by atoms with van der Waals surface area (Å²) in [6, 6.07) is 10.1. The van der Waals surface area contributed by atoms with Crippen molar-refractivity contribution < 1.29 is 10.2 Å². The fourth-order valence-electron chi connectivity index (χ4n) is 5.13. The van der Waals surface area contributed by atoms with Crippen molar-refractivity contribution in [3.05, 3.63) is 59.7 Å². The molecule has 0 aliphatic heterocycles. The highest BCUT2D eigenvalue weighted by Crippen LogP contribution is 2.48. The van der Waals surface area contributed by atoms with Crippen LogP contribution in [0, 0.1) is 17.8 Å². The van der Waals surface area contributed by atoms with Crippen LogP contribution in [-0.4, -0.2) is 47.5 Å². The molecule has 0 unspecified atom stereocenters. The number of benzene rings is 1. The molecule has 3 heteroatoms. The lowest BCUT2D eigenvalue weighted by atomic mass is 9.87. The predicted molar refractivity (Wildman–Crippen MR) is 121 cm³/mol. The van der Waals surface area contributed by atoms with Gasteiger partial charge >= 0.3 is 0 Å². The standard InChI is InChI=1S/C26H39NO2/c1-26(29,19-20-10-6-4-7-11-20)14-13-23-24-17-21(16-22(24)18-25(23)28)12-8-5-9-15-27(2)3/h4,6-7,10-11,13-14,16,22-25,28-29H,5,8-9,12,15,17-19H2,1-3H3/t22-,23+,24-,25+,26-/m0/s1. The smallest absolute Gasteiger partial charge is 0.0839 e. The number of hydrogen-bond donors (Lipinski definition) is 2. The molecule has 1 fully saturated rings. The van der Waals surface area contributed by atoms with Crippen molar-refractivity contribution >= 4 is 0 Å². The third kappa shape index (κ3) is 6.53. The molecule has 0 saturated heterocycles. The van der Waals surface area contributed by atoms with E-state index in [1.54, 1.807) is 5.57 Å². The molecule has 29 heavy (non-hydrogen) atoms. The molecular formula is C26H39NO2. The number of unbranched alkanes of at least 4 members (excludes halogenated alkanes) is 2. The average Bonchev–Trinajstić information content (AvgIpc) is 3.16. The third-order valence-corrected chi connectivity index (χ3v) is 6.64. The van der Waals surface area contributed by atoms with Crippen molar-refractivity contribution in [2.45, 2.75) is 63.6 Å². The van der Waals surface area contributed by atoms with E-state index in [1.807, 2.05) is 31.2 Å². The van der Waals surface area contributed by atoms with Gasteiger partial charge in [-0.15, -0.1) is 0 Å². The van der Waals surface area contributed by atoms with Crippen LogP contribution in [0.5, 0.6) is 0 Å². The van der Waals surface area contributed by atoms with Gasteiger partial charge in [0.15, 0.2) is 0 Å². The van der Waals surface area contributed by atoms with Crippen molar-refractivity contribution in [1.82, 2.24) is 4.90 Å². The minimum Gasteiger partial charge on any atom is -0.392 e. The van der Waals surface area contributed by atoms with Crippen molar-refractivity contribution in [2.24, 2.45) is 17.8 Å². The molecule has 160 valence electrons. The lowest BCUT2D eigenvalue weighted by Gasteiger charge is -2.23. The van der Waals surface area contributed by atoms with E-state index in [2.05, 4.69) is 43.3 Å². The quantitative estimate of drug-likeness (QED) is 0.448. The van der Waals surface area contributed by atoms with Gasteiger partial charge in [0, 0.05) is 12.3 Å². The van der Waals surface area contributed by atoms with Gasteiger partial charge in [0.25, 0.3) is 0 Å². The number of allylic oxidation sites excluding steroid dienone is 2. The van der Waals surface area contributed by atoms with E-state index in [9.17, 15) is 10.2 Å². The van der Waals surface area contributed by atoms with Crippen LogP contribution >= 0.6 is 0 Å². The second-order valence-electron chi connectivity index (χ2n) is 9.73. The zero-order chi connectivity index (χ0) is 20.9. The summed E-state index contributed by atoms with van der Waals surface area (Å²) >= 11 is 0. The van der Waals surface area contributed by atoms with Gasteiger partial charge in [0.2, 0.25) is 0 Å². The Labute approximate surface area is 177 Å². The Bertz CT molecular complexity index is 692.